The number of nitrogens with zero attached hydrogens (tertiary/aromatic N) is 1. The average Bonchev–Trinajstić information content (AvgIpc) is 3.06. The molecule has 3 heterocycles. The Hall–Kier alpha value is -2.60. The molecule has 0 radical (unpaired) electrons. The predicted octanol–water partition coefficient (Wildman–Crippen LogP) is 3.46. The molecule has 1 saturated heterocycles. The molecule has 29 heavy (non-hydrogen) atoms. The number of carbonyl (C=O) groups excluding carboxylic acids is 1. The molecule has 1 aromatic carbocycles. The van der Waals surface area contributed by atoms with Gasteiger partial charge in [-0.05, 0) is 50.3 Å². The van der Waals surface area contributed by atoms with Gasteiger partial charge in [-0.2, -0.15) is 0 Å². The van der Waals surface area contributed by atoms with Crippen LogP contribution in [0, 0.1) is 5.92 Å². The molecular formula is C23H28N2O4. The van der Waals surface area contributed by atoms with Crippen LogP contribution in [0.15, 0.2) is 42.7 Å². The summed E-state index contributed by atoms with van der Waals surface area (Å²) in [6.45, 7) is 5.49. The van der Waals surface area contributed by atoms with Crippen LogP contribution in [0.3, 0.4) is 0 Å². The Morgan fingerprint density at radius 1 is 1.28 bits per heavy atom. The number of pyridine rings is 1. The molecule has 1 N–H and O–H groups in total. The van der Waals surface area contributed by atoms with E-state index in [-0.39, 0.29) is 24.2 Å². The summed E-state index contributed by atoms with van der Waals surface area (Å²) in [4.78, 5) is 17.0. The second-order valence-electron chi connectivity index (χ2n) is 8.35. The van der Waals surface area contributed by atoms with Crippen LogP contribution in [-0.2, 0) is 16.0 Å². The zero-order chi connectivity index (χ0) is 20.3. The molecule has 0 unspecified atom stereocenters. The van der Waals surface area contributed by atoms with Gasteiger partial charge < -0.3 is 19.5 Å². The van der Waals surface area contributed by atoms with E-state index >= 15 is 0 Å². The smallest absolute Gasteiger partial charge is 0.258 e. The molecule has 154 valence electrons. The van der Waals surface area contributed by atoms with E-state index in [1.807, 2.05) is 36.5 Å². The third kappa shape index (κ3) is 4.70. The largest absolute Gasteiger partial charge is 0.483 e. The van der Waals surface area contributed by atoms with Crippen molar-refractivity contribution in [2.75, 3.05) is 19.8 Å². The summed E-state index contributed by atoms with van der Waals surface area (Å²) in [5.41, 5.74) is 1.88. The normalized spacial score (nSPS) is 19.1. The Bertz CT molecular complexity index is 847. The lowest BCUT2D eigenvalue weighted by Crippen LogP contribution is -2.38. The van der Waals surface area contributed by atoms with Crippen LogP contribution >= 0.6 is 0 Å². The van der Waals surface area contributed by atoms with Crippen LogP contribution in [0.5, 0.6) is 11.5 Å². The van der Waals surface area contributed by atoms with Crippen molar-refractivity contribution in [2.45, 2.75) is 44.8 Å². The van der Waals surface area contributed by atoms with Gasteiger partial charge in [-0.15, -0.1) is 0 Å². The fourth-order valence-electron chi connectivity index (χ4n) is 4.14. The Kier molecular flexibility index (Phi) is 5.72. The predicted molar refractivity (Wildman–Crippen MR) is 109 cm³/mol. The number of hydrogen-bond donors (Lipinski definition) is 1. The number of ether oxygens (including phenoxy) is 3. The van der Waals surface area contributed by atoms with Crippen molar-refractivity contribution in [3.05, 3.63) is 53.9 Å². The Morgan fingerprint density at radius 2 is 2.10 bits per heavy atom. The van der Waals surface area contributed by atoms with E-state index in [0.717, 1.165) is 49.4 Å². The topological polar surface area (TPSA) is 69.7 Å². The number of fused-ring (bicyclic) bond motifs is 1. The lowest BCUT2D eigenvalue weighted by Gasteiger charge is -2.31. The fourth-order valence-corrected chi connectivity index (χ4v) is 4.14. The number of para-hydroxylation sites is 1. The molecule has 1 aromatic heterocycles. The highest BCUT2D eigenvalue weighted by molar-refractivity contribution is 5.78. The standard InChI is InChI=1S/C23H28N2O4/c1-23(2)13-17-5-3-7-19(22(17)29-23)28-15-20(26)25-21(16-8-11-27-12-9-16)18-6-4-10-24-14-18/h3-7,10,14,16,21H,8-9,11-13,15H2,1-2H3,(H,25,26)/t21-/m0/s1. The molecule has 2 aliphatic rings. The highest BCUT2D eigenvalue weighted by Gasteiger charge is 2.32. The first-order valence-electron chi connectivity index (χ1n) is 10.2. The average molecular weight is 396 g/mol. The van der Waals surface area contributed by atoms with Crippen molar-refractivity contribution < 1.29 is 19.0 Å². The summed E-state index contributed by atoms with van der Waals surface area (Å²) in [6, 6.07) is 9.65. The van der Waals surface area contributed by atoms with E-state index in [2.05, 4.69) is 24.1 Å². The summed E-state index contributed by atoms with van der Waals surface area (Å²) in [5.74, 6) is 1.54. The Labute approximate surface area is 171 Å². The Morgan fingerprint density at radius 3 is 2.86 bits per heavy atom. The molecule has 0 aliphatic carbocycles. The maximum Gasteiger partial charge on any atom is 0.258 e. The van der Waals surface area contributed by atoms with E-state index < -0.39 is 0 Å². The molecule has 0 spiro atoms. The first-order chi connectivity index (χ1) is 14.0. The highest BCUT2D eigenvalue weighted by Crippen LogP contribution is 2.41. The molecule has 2 aliphatic heterocycles. The Balaban J connectivity index is 1.42. The van der Waals surface area contributed by atoms with Gasteiger partial charge in [-0.1, -0.05) is 18.2 Å². The number of aromatic nitrogens is 1. The van der Waals surface area contributed by atoms with Crippen LogP contribution in [-0.4, -0.2) is 36.3 Å². The number of amides is 1. The van der Waals surface area contributed by atoms with Crippen LogP contribution in [0.1, 0.15) is 43.9 Å². The van der Waals surface area contributed by atoms with Crippen molar-refractivity contribution >= 4 is 5.91 Å². The third-order valence-electron chi connectivity index (χ3n) is 5.51. The first kappa shape index (κ1) is 19.7. The minimum Gasteiger partial charge on any atom is -0.483 e. The molecule has 1 atom stereocenters. The van der Waals surface area contributed by atoms with Crippen LogP contribution in [0.4, 0.5) is 0 Å². The van der Waals surface area contributed by atoms with Gasteiger partial charge in [-0.25, -0.2) is 0 Å². The SMILES string of the molecule is CC1(C)Cc2cccc(OCC(=O)N[C@H](c3cccnc3)C3CCOCC3)c2O1. The van der Waals surface area contributed by atoms with Crippen LogP contribution in [0.25, 0.3) is 0 Å². The quantitative estimate of drug-likeness (QED) is 0.810. The van der Waals surface area contributed by atoms with E-state index in [4.69, 9.17) is 14.2 Å². The molecule has 2 aromatic rings. The highest BCUT2D eigenvalue weighted by atomic mass is 16.5. The lowest BCUT2D eigenvalue weighted by atomic mass is 9.87. The second kappa shape index (κ2) is 8.41. The zero-order valence-electron chi connectivity index (χ0n) is 17.0. The summed E-state index contributed by atoms with van der Waals surface area (Å²) >= 11 is 0. The van der Waals surface area contributed by atoms with Gasteiger partial charge in [0, 0.05) is 37.6 Å². The maximum absolute atomic E-state index is 12.7. The van der Waals surface area contributed by atoms with E-state index in [1.54, 1.807) is 6.20 Å². The molecular weight excluding hydrogens is 368 g/mol. The minimum atomic E-state index is -0.251. The van der Waals surface area contributed by atoms with E-state index in [1.165, 1.54) is 0 Å². The van der Waals surface area contributed by atoms with Gasteiger partial charge in [0.25, 0.3) is 5.91 Å². The summed E-state index contributed by atoms with van der Waals surface area (Å²) in [7, 11) is 0. The lowest BCUT2D eigenvalue weighted by molar-refractivity contribution is -0.124. The van der Waals surface area contributed by atoms with Crippen molar-refractivity contribution in [1.29, 1.82) is 0 Å². The third-order valence-corrected chi connectivity index (χ3v) is 5.51. The van der Waals surface area contributed by atoms with Crippen LogP contribution < -0.4 is 14.8 Å². The van der Waals surface area contributed by atoms with Crippen molar-refractivity contribution in [2.24, 2.45) is 5.92 Å². The fraction of sp³-hybridized carbons (Fsp3) is 0.478. The van der Waals surface area contributed by atoms with Gasteiger partial charge in [0.1, 0.15) is 5.60 Å². The molecule has 6 heteroatoms. The van der Waals surface area contributed by atoms with E-state index in [9.17, 15) is 4.79 Å². The van der Waals surface area contributed by atoms with Gasteiger partial charge in [0.15, 0.2) is 18.1 Å². The van der Waals surface area contributed by atoms with Gasteiger partial charge >= 0.3 is 0 Å². The number of hydrogen-bond acceptors (Lipinski definition) is 5. The molecule has 0 bridgehead atoms. The number of benzene rings is 1. The van der Waals surface area contributed by atoms with Crippen molar-refractivity contribution in [3.63, 3.8) is 0 Å². The van der Waals surface area contributed by atoms with Gasteiger partial charge in [0.05, 0.1) is 6.04 Å². The number of nitrogens with one attached hydrogen (secondary N) is 1. The summed E-state index contributed by atoms with van der Waals surface area (Å²) < 4.78 is 17.4. The molecule has 1 amide bonds. The number of carbonyl (C=O) groups is 1. The maximum atomic E-state index is 12.7. The van der Waals surface area contributed by atoms with Gasteiger partial charge in [-0.3, -0.25) is 9.78 Å². The van der Waals surface area contributed by atoms with Crippen molar-refractivity contribution in [1.82, 2.24) is 10.3 Å². The monoisotopic (exact) mass is 396 g/mol. The first-order valence-corrected chi connectivity index (χ1v) is 10.2. The van der Waals surface area contributed by atoms with Crippen LogP contribution in [0.2, 0.25) is 0 Å². The molecule has 6 nitrogen and oxygen atoms in total. The second-order valence-corrected chi connectivity index (χ2v) is 8.35. The van der Waals surface area contributed by atoms with Crippen molar-refractivity contribution in [3.8, 4) is 11.5 Å². The summed E-state index contributed by atoms with van der Waals surface area (Å²) in [6.07, 6.45) is 6.22. The summed E-state index contributed by atoms with van der Waals surface area (Å²) in [5, 5.41) is 3.16. The molecule has 0 saturated carbocycles. The number of rotatable bonds is 6. The zero-order valence-corrected chi connectivity index (χ0v) is 17.0. The minimum absolute atomic E-state index is 0.0553. The van der Waals surface area contributed by atoms with Gasteiger partial charge in [0.2, 0.25) is 0 Å². The van der Waals surface area contributed by atoms with E-state index in [0.29, 0.717) is 11.7 Å². The molecule has 1 fully saturated rings. The molecule has 4 rings (SSSR count).